The van der Waals surface area contributed by atoms with Gasteiger partial charge in [-0.15, -0.1) is 0 Å². The van der Waals surface area contributed by atoms with Crippen LogP contribution in [0.5, 0.6) is 0 Å². The van der Waals surface area contributed by atoms with Crippen LogP contribution in [0.4, 0.5) is 22.7 Å². The Morgan fingerprint density at radius 1 is 0.649 bits per heavy atom. The molecule has 0 saturated carbocycles. The maximum absolute atomic E-state index is 12.3. The summed E-state index contributed by atoms with van der Waals surface area (Å²) in [6.07, 6.45) is -0.542. The quantitative estimate of drug-likeness (QED) is 0.249. The third-order valence-corrected chi connectivity index (χ3v) is 5.12. The Morgan fingerprint density at radius 3 is 1.22 bits per heavy atom. The van der Waals surface area contributed by atoms with Gasteiger partial charge in [-0.2, -0.15) is 0 Å². The highest BCUT2D eigenvalue weighted by atomic mass is 16.6. The number of nitro benzene ring substituents is 4. The zero-order valence-corrected chi connectivity index (χ0v) is 18.5. The van der Waals surface area contributed by atoms with Gasteiger partial charge in [0, 0.05) is 24.3 Å². The molecule has 1 saturated heterocycles. The van der Waals surface area contributed by atoms with E-state index in [1.54, 1.807) is 0 Å². The lowest BCUT2D eigenvalue weighted by Crippen LogP contribution is -2.23. The van der Waals surface area contributed by atoms with Gasteiger partial charge in [-0.3, -0.25) is 40.5 Å². The average Bonchev–Trinajstić information content (AvgIpc) is 3.32. The summed E-state index contributed by atoms with van der Waals surface area (Å²) in [6, 6.07) is 4.76. The van der Waals surface area contributed by atoms with Gasteiger partial charge in [0.1, 0.15) is 13.2 Å². The second kappa shape index (κ2) is 11.1. The zero-order chi connectivity index (χ0) is 27.3. The first kappa shape index (κ1) is 26.5. The molecular weight excluding hydrogens is 504 g/mol. The van der Waals surface area contributed by atoms with Crippen molar-refractivity contribution in [2.75, 3.05) is 13.2 Å². The number of rotatable bonds is 10. The molecule has 1 heterocycles. The maximum atomic E-state index is 12.3. The molecule has 2 atom stereocenters. The van der Waals surface area contributed by atoms with Crippen molar-refractivity contribution < 1.29 is 43.5 Å². The fourth-order valence-electron chi connectivity index (χ4n) is 3.38. The molecule has 0 bridgehead atoms. The summed E-state index contributed by atoms with van der Waals surface area (Å²) in [4.78, 5) is 64.8. The Balaban J connectivity index is 1.54. The summed E-state index contributed by atoms with van der Waals surface area (Å²) in [5, 5.41) is 43.8. The smallest absolute Gasteiger partial charge is 0.338 e. The van der Waals surface area contributed by atoms with Crippen LogP contribution in [0.2, 0.25) is 0 Å². The van der Waals surface area contributed by atoms with Gasteiger partial charge >= 0.3 is 11.9 Å². The van der Waals surface area contributed by atoms with Crippen LogP contribution in [-0.2, 0) is 14.2 Å². The third kappa shape index (κ3) is 6.75. The Kier molecular flexibility index (Phi) is 7.98. The second-order valence-corrected chi connectivity index (χ2v) is 7.66. The average molecular weight is 520 g/mol. The number of carbonyl (C=O) groups is 2. The largest absolute Gasteiger partial charge is 0.459 e. The normalized spacial score (nSPS) is 16.5. The molecule has 2 aromatic rings. The van der Waals surface area contributed by atoms with Gasteiger partial charge < -0.3 is 14.2 Å². The van der Waals surface area contributed by atoms with Crippen LogP contribution in [0.25, 0.3) is 0 Å². The molecule has 17 nitrogen and oxygen atoms in total. The minimum absolute atomic E-state index is 0.295. The van der Waals surface area contributed by atoms with E-state index < -0.39 is 77.7 Å². The molecule has 2 aromatic carbocycles. The summed E-state index contributed by atoms with van der Waals surface area (Å²) < 4.78 is 15.7. The van der Waals surface area contributed by atoms with Crippen molar-refractivity contribution in [3.63, 3.8) is 0 Å². The van der Waals surface area contributed by atoms with Gasteiger partial charge in [0.15, 0.2) is 0 Å². The van der Waals surface area contributed by atoms with E-state index in [2.05, 4.69) is 0 Å². The number of non-ortho nitro benzene ring substituents is 4. The van der Waals surface area contributed by atoms with E-state index in [9.17, 15) is 50.0 Å². The second-order valence-electron chi connectivity index (χ2n) is 7.66. The van der Waals surface area contributed by atoms with Crippen LogP contribution < -0.4 is 0 Å². The van der Waals surface area contributed by atoms with Crippen LogP contribution in [0, 0.1) is 40.5 Å². The topological polar surface area (TPSA) is 234 Å². The van der Waals surface area contributed by atoms with Crippen LogP contribution >= 0.6 is 0 Å². The number of nitro groups is 4. The Hall–Kier alpha value is -5.06. The van der Waals surface area contributed by atoms with Crippen LogP contribution in [0.15, 0.2) is 36.4 Å². The number of carbonyl (C=O) groups excluding carboxylic acids is 2. The highest BCUT2D eigenvalue weighted by Gasteiger charge is 2.29. The molecule has 2 unspecified atom stereocenters. The van der Waals surface area contributed by atoms with Gasteiger partial charge in [0.05, 0.1) is 55.2 Å². The van der Waals surface area contributed by atoms with E-state index >= 15 is 0 Å². The zero-order valence-electron chi connectivity index (χ0n) is 18.5. The molecule has 1 aliphatic heterocycles. The van der Waals surface area contributed by atoms with E-state index in [-0.39, 0.29) is 13.2 Å². The first-order valence-electron chi connectivity index (χ1n) is 10.3. The summed E-state index contributed by atoms with van der Waals surface area (Å²) in [7, 11) is 0. The molecule has 1 aliphatic rings. The van der Waals surface area contributed by atoms with E-state index in [4.69, 9.17) is 14.2 Å². The standard InChI is InChI=1S/C20H16N4O13/c25-19(11-3-13(21(27)28)7-14(4-11)22(29)30)35-9-17-1-2-18(37-17)10-36-20(26)12-5-15(23(31)32)8-16(6-12)24(33)34/h3-8,17-18H,1-2,9-10H2. The predicted octanol–water partition coefficient (Wildman–Crippen LogP) is 2.88. The van der Waals surface area contributed by atoms with Crippen molar-refractivity contribution in [1.29, 1.82) is 0 Å². The van der Waals surface area contributed by atoms with Gasteiger partial charge in [0.2, 0.25) is 0 Å². The molecule has 0 amide bonds. The van der Waals surface area contributed by atoms with E-state index in [0.29, 0.717) is 25.0 Å². The Labute approximate surface area is 205 Å². The summed E-state index contributed by atoms with van der Waals surface area (Å²) >= 11 is 0. The molecule has 194 valence electrons. The fraction of sp³-hybridized carbons (Fsp3) is 0.300. The molecule has 1 fully saturated rings. The Bertz CT molecular complexity index is 1130. The van der Waals surface area contributed by atoms with Gasteiger partial charge in [-0.1, -0.05) is 0 Å². The fourth-order valence-corrected chi connectivity index (χ4v) is 3.38. The summed E-state index contributed by atoms with van der Waals surface area (Å²) in [6.45, 7) is -0.590. The first-order valence-corrected chi connectivity index (χ1v) is 10.3. The number of hydrogen-bond acceptors (Lipinski definition) is 13. The van der Waals surface area contributed by atoms with Crippen molar-refractivity contribution in [1.82, 2.24) is 0 Å². The Morgan fingerprint density at radius 2 is 0.946 bits per heavy atom. The van der Waals surface area contributed by atoms with Gasteiger partial charge in [-0.25, -0.2) is 9.59 Å². The molecule has 0 aromatic heterocycles. The van der Waals surface area contributed by atoms with Gasteiger partial charge in [0.25, 0.3) is 22.7 Å². The number of hydrogen-bond donors (Lipinski definition) is 0. The van der Waals surface area contributed by atoms with Crippen molar-refractivity contribution in [3.8, 4) is 0 Å². The molecular formula is C20H16N4O13. The summed E-state index contributed by atoms with van der Waals surface area (Å²) in [5.41, 5.74) is -3.42. The van der Waals surface area contributed by atoms with E-state index in [1.807, 2.05) is 0 Å². The maximum Gasteiger partial charge on any atom is 0.338 e. The molecule has 3 rings (SSSR count). The third-order valence-electron chi connectivity index (χ3n) is 5.12. The number of esters is 2. The first-order chi connectivity index (χ1) is 17.4. The summed E-state index contributed by atoms with van der Waals surface area (Å²) in [5.74, 6) is -2.09. The van der Waals surface area contributed by atoms with Crippen LogP contribution in [0.1, 0.15) is 33.6 Å². The highest BCUT2D eigenvalue weighted by Crippen LogP contribution is 2.26. The van der Waals surface area contributed by atoms with Crippen molar-refractivity contribution in [3.05, 3.63) is 88.0 Å². The van der Waals surface area contributed by atoms with Crippen LogP contribution in [-0.4, -0.2) is 57.1 Å². The molecule has 0 spiro atoms. The number of benzene rings is 2. The lowest BCUT2D eigenvalue weighted by Gasteiger charge is -2.14. The molecule has 37 heavy (non-hydrogen) atoms. The van der Waals surface area contributed by atoms with Gasteiger partial charge in [-0.05, 0) is 12.8 Å². The lowest BCUT2D eigenvalue weighted by atomic mass is 10.1. The highest BCUT2D eigenvalue weighted by molar-refractivity contribution is 5.91. The number of ether oxygens (including phenoxy) is 3. The van der Waals surface area contributed by atoms with E-state index in [0.717, 1.165) is 24.3 Å². The minimum atomic E-state index is -1.04. The van der Waals surface area contributed by atoms with Crippen molar-refractivity contribution >= 4 is 34.7 Å². The number of nitrogens with zero attached hydrogens (tertiary/aromatic N) is 4. The SMILES string of the molecule is O=C(OCC1CCC(COC(=O)c2cc([N+](=O)[O-])cc([N+](=O)[O-])c2)O1)c1cc([N+](=O)[O-])cc([N+](=O)[O-])c1. The lowest BCUT2D eigenvalue weighted by molar-refractivity contribution is -0.394. The monoisotopic (exact) mass is 520 g/mol. The van der Waals surface area contributed by atoms with Crippen molar-refractivity contribution in [2.24, 2.45) is 0 Å². The van der Waals surface area contributed by atoms with E-state index in [1.165, 1.54) is 0 Å². The van der Waals surface area contributed by atoms with Crippen LogP contribution in [0.3, 0.4) is 0 Å². The molecule has 0 radical (unpaired) electrons. The molecule has 17 heteroatoms. The van der Waals surface area contributed by atoms with Crippen molar-refractivity contribution in [2.45, 2.75) is 25.0 Å². The minimum Gasteiger partial charge on any atom is -0.459 e. The molecule has 0 N–H and O–H groups in total. The molecule has 0 aliphatic carbocycles. The predicted molar refractivity (Wildman–Crippen MR) is 118 cm³/mol.